The van der Waals surface area contributed by atoms with Crippen molar-refractivity contribution in [3.63, 3.8) is 0 Å². The largest absolute Gasteiger partial charge is 0.508 e. The summed E-state index contributed by atoms with van der Waals surface area (Å²) < 4.78 is 0. The fraction of sp³-hybridized carbons (Fsp3) is 0.462. The van der Waals surface area contributed by atoms with Gasteiger partial charge in [0.25, 0.3) is 0 Å². The van der Waals surface area contributed by atoms with E-state index in [1.165, 1.54) is 0 Å². The number of aromatic hydroxyl groups is 1. The van der Waals surface area contributed by atoms with Gasteiger partial charge in [-0.1, -0.05) is 12.1 Å². The van der Waals surface area contributed by atoms with Crippen LogP contribution in [0.3, 0.4) is 0 Å². The average molecular weight is 234 g/mol. The molecular formula is C13H18N2O2. The zero-order chi connectivity index (χ0) is 12.1. The van der Waals surface area contributed by atoms with Gasteiger partial charge in [-0.05, 0) is 37.1 Å². The number of carbonyl (C=O) groups excluding carboxylic acids is 1. The molecule has 1 aromatic rings. The Morgan fingerprint density at radius 3 is 2.82 bits per heavy atom. The normalized spacial score (nSPS) is 19.9. The van der Waals surface area contributed by atoms with Crippen LogP contribution in [0.5, 0.6) is 5.75 Å². The number of benzene rings is 1. The molecular weight excluding hydrogens is 216 g/mol. The molecule has 0 bridgehead atoms. The molecule has 1 aromatic carbocycles. The van der Waals surface area contributed by atoms with E-state index in [0.29, 0.717) is 6.54 Å². The number of piperidine rings is 1. The first kappa shape index (κ1) is 11.9. The first-order valence-corrected chi connectivity index (χ1v) is 6.02. The van der Waals surface area contributed by atoms with Gasteiger partial charge >= 0.3 is 0 Å². The standard InChI is InChI=1S/C13H18N2O2/c16-12-5-3-10(4-6-12)8-15-13(17)11-2-1-7-14-9-11/h3-6,11,14,16H,1-2,7-9H2,(H,15,17). The molecule has 92 valence electrons. The van der Waals surface area contributed by atoms with Gasteiger partial charge < -0.3 is 15.7 Å². The predicted octanol–water partition coefficient (Wildman–Crippen LogP) is 1.01. The lowest BCUT2D eigenvalue weighted by molar-refractivity contribution is -0.125. The summed E-state index contributed by atoms with van der Waals surface area (Å²) in [4.78, 5) is 11.8. The quantitative estimate of drug-likeness (QED) is 0.731. The number of hydrogen-bond donors (Lipinski definition) is 3. The molecule has 4 nitrogen and oxygen atoms in total. The second kappa shape index (κ2) is 5.68. The SMILES string of the molecule is O=C(NCc1ccc(O)cc1)C1CCCNC1. The molecule has 1 saturated heterocycles. The third-order valence-electron chi connectivity index (χ3n) is 3.07. The van der Waals surface area contributed by atoms with Crippen LogP contribution in [0.1, 0.15) is 18.4 Å². The zero-order valence-electron chi connectivity index (χ0n) is 9.78. The minimum Gasteiger partial charge on any atom is -0.508 e. The summed E-state index contributed by atoms with van der Waals surface area (Å²) in [5.41, 5.74) is 1.000. The Kier molecular flexibility index (Phi) is 3.98. The molecule has 3 N–H and O–H groups in total. The summed E-state index contributed by atoms with van der Waals surface area (Å²) in [6, 6.07) is 6.89. The minimum absolute atomic E-state index is 0.0980. The highest BCUT2D eigenvalue weighted by atomic mass is 16.3. The highest BCUT2D eigenvalue weighted by Gasteiger charge is 2.20. The molecule has 0 aliphatic carbocycles. The number of nitrogens with one attached hydrogen (secondary N) is 2. The maximum Gasteiger partial charge on any atom is 0.224 e. The molecule has 1 unspecified atom stereocenters. The molecule has 1 aliphatic rings. The van der Waals surface area contributed by atoms with Gasteiger partial charge in [-0.15, -0.1) is 0 Å². The van der Waals surface area contributed by atoms with E-state index in [0.717, 1.165) is 31.5 Å². The molecule has 0 aromatic heterocycles. The lowest BCUT2D eigenvalue weighted by Crippen LogP contribution is -2.40. The number of amides is 1. The van der Waals surface area contributed by atoms with Crippen LogP contribution in [0, 0.1) is 5.92 Å². The Balaban J connectivity index is 1.81. The molecule has 1 fully saturated rings. The number of phenolic OH excluding ortho intramolecular Hbond substituents is 1. The second-order valence-corrected chi connectivity index (χ2v) is 4.43. The monoisotopic (exact) mass is 234 g/mol. The highest BCUT2D eigenvalue weighted by molar-refractivity contribution is 5.78. The Morgan fingerprint density at radius 1 is 1.41 bits per heavy atom. The molecule has 1 atom stereocenters. The van der Waals surface area contributed by atoms with Crippen LogP contribution in [-0.2, 0) is 11.3 Å². The molecule has 1 heterocycles. The van der Waals surface area contributed by atoms with Crippen molar-refractivity contribution in [1.29, 1.82) is 0 Å². The second-order valence-electron chi connectivity index (χ2n) is 4.43. The first-order valence-electron chi connectivity index (χ1n) is 6.02. The van der Waals surface area contributed by atoms with Crippen LogP contribution < -0.4 is 10.6 Å². The van der Waals surface area contributed by atoms with E-state index in [1.807, 2.05) is 12.1 Å². The average Bonchev–Trinajstić information content (AvgIpc) is 2.39. The zero-order valence-corrected chi connectivity index (χ0v) is 9.78. The fourth-order valence-corrected chi connectivity index (χ4v) is 2.02. The summed E-state index contributed by atoms with van der Waals surface area (Å²) in [6.07, 6.45) is 2.03. The van der Waals surface area contributed by atoms with Crippen molar-refractivity contribution in [2.75, 3.05) is 13.1 Å². The van der Waals surface area contributed by atoms with Crippen molar-refractivity contribution < 1.29 is 9.90 Å². The first-order chi connectivity index (χ1) is 8.25. The topological polar surface area (TPSA) is 61.4 Å². The maximum absolute atomic E-state index is 11.8. The third kappa shape index (κ3) is 3.46. The van der Waals surface area contributed by atoms with E-state index < -0.39 is 0 Å². The van der Waals surface area contributed by atoms with Crippen molar-refractivity contribution >= 4 is 5.91 Å². The van der Waals surface area contributed by atoms with Crippen molar-refractivity contribution in [3.8, 4) is 5.75 Å². The number of carbonyl (C=O) groups is 1. The van der Waals surface area contributed by atoms with E-state index >= 15 is 0 Å². The summed E-state index contributed by atoms with van der Waals surface area (Å²) in [5, 5.41) is 15.3. The molecule has 17 heavy (non-hydrogen) atoms. The van der Waals surface area contributed by atoms with Gasteiger partial charge in [-0.2, -0.15) is 0 Å². The summed E-state index contributed by atoms with van der Waals surface area (Å²) in [6.45, 7) is 2.32. The van der Waals surface area contributed by atoms with Crippen molar-refractivity contribution in [2.24, 2.45) is 5.92 Å². The van der Waals surface area contributed by atoms with Gasteiger partial charge in [0.15, 0.2) is 0 Å². The minimum atomic E-state index is 0.0980. The van der Waals surface area contributed by atoms with E-state index in [9.17, 15) is 4.79 Å². The van der Waals surface area contributed by atoms with Crippen molar-refractivity contribution in [2.45, 2.75) is 19.4 Å². The van der Waals surface area contributed by atoms with Crippen LogP contribution in [0.4, 0.5) is 0 Å². The summed E-state index contributed by atoms with van der Waals surface area (Å²) in [7, 11) is 0. The van der Waals surface area contributed by atoms with Crippen LogP contribution in [0.25, 0.3) is 0 Å². The van der Waals surface area contributed by atoms with E-state index in [2.05, 4.69) is 10.6 Å². The van der Waals surface area contributed by atoms with Gasteiger partial charge in [-0.25, -0.2) is 0 Å². The van der Waals surface area contributed by atoms with Crippen molar-refractivity contribution in [1.82, 2.24) is 10.6 Å². The van der Waals surface area contributed by atoms with Crippen LogP contribution in [0.2, 0.25) is 0 Å². The Morgan fingerprint density at radius 2 is 2.18 bits per heavy atom. The van der Waals surface area contributed by atoms with E-state index in [-0.39, 0.29) is 17.6 Å². The van der Waals surface area contributed by atoms with Gasteiger partial charge in [-0.3, -0.25) is 4.79 Å². The molecule has 0 spiro atoms. The Labute approximate surface area is 101 Å². The molecule has 1 amide bonds. The molecule has 1 aliphatic heterocycles. The van der Waals surface area contributed by atoms with Gasteiger partial charge in [0.05, 0.1) is 5.92 Å². The molecule has 0 saturated carbocycles. The number of phenols is 1. The van der Waals surface area contributed by atoms with Gasteiger partial charge in [0.1, 0.15) is 5.75 Å². The maximum atomic E-state index is 11.8. The lowest BCUT2D eigenvalue weighted by Gasteiger charge is -2.21. The fourth-order valence-electron chi connectivity index (χ4n) is 2.02. The van der Waals surface area contributed by atoms with Gasteiger partial charge in [0, 0.05) is 13.1 Å². The summed E-state index contributed by atoms with van der Waals surface area (Å²) in [5.74, 6) is 0.461. The van der Waals surface area contributed by atoms with Crippen LogP contribution >= 0.6 is 0 Å². The van der Waals surface area contributed by atoms with Crippen LogP contribution in [-0.4, -0.2) is 24.1 Å². The third-order valence-corrected chi connectivity index (χ3v) is 3.07. The Bertz CT molecular complexity index is 370. The molecule has 4 heteroatoms. The highest BCUT2D eigenvalue weighted by Crippen LogP contribution is 2.11. The number of rotatable bonds is 3. The summed E-state index contributed by atoms with van der Waals surface area (Å²) >= 11 is 0. The predicted molar refractivity (Wildman–Crippen MR) is 65.5 cm³/mol. The lowest BCUT2D eigenvalue weighted by atomic mass is 9.99. The van der Waals surface area contributed by atoms with Gasteiger partial charge in [0.2, 0.25) is 5.91 Å². The Hall–Kier alpha value is -1.55. The van der Waals surface area contributed by atoms with Crippen LogP contribution in [0.15, 0.2) is 24.3 Å². The molecule has 2 rings (SSSR count). The molecule has 0 radical (unpaired) electrons. The van der Waals surface area contributed by atoms with E-state index in [1.54, 1.807) is 12.1 Å². The van der Waals surface area contributed by atoms with E-state index in [4.69, 9.17) is 5.11 Å². The number of hydrogen-bond acceptors (Lipinski definition) is 3. The smallest absolute Gasteiger partial charge is 0.224 e. The van der Waals surface area contributed by atoms with Crippen molar-refractivity contribution in [3.05, 3.63) is 29.8 Å².